The van der Waals surface area contributed by atoms with E-state index < -0.39 is 17.8 Å². The third-order valence-electron chi connectivity index (χ3n) is 12.6. The van der Waals surface area contributed by atoms with E-state index in [4.69, 9.17) is 15.7 Å². The number of anilines is 1. The predicted molar refractivity (Wildman–Crippen MR) is 229 cm³/mol. The van der Waals surface area contributed by atoms with Gasteiger partial charge in [0, 0.05) is 74.2 Å². The van der Waals surface area contributed by atoms with Gasteiger partial charge in [-0.2, -0.15) is 0 Å². The van der Waals surface area contributed by atoms with Crippen LogP contribution in [0.2, 0.25) is 0 Å². The molecule has 12 nitrogen and oxygen atoms in total. The smallest absolute Gasteiger partial charge is 0.255 e. The molecule has 0 radical (unpaired) electrons. The van der Waals surface area contributed by atoms with Gasteiger partial charge in [-0.3, -0.25) is 24.6 Å². The molecule has 4 aliphatic heterocycles. The number of imide groups is 1. The molecule has 3 aromatic carbocycles. The summed E-state index contributed by atoms with van der Waals surface area (Å²) >= 11 is 0. The zero-order valence-corrected chi connectivity index (χ0v) is 34.4. The van der Waals surface area contributed by atoms with Crippen molar-refractivity contribution in [1.82, 2.24) is 30.0 Å². The first-order valence-electron chi connectivity index (χ1n) is 21.4. The standard InChI is InChI=1S/C47H55FN8O4/c1-31(49)44(34-10-3-2-4-11-34)45-50-40(29-42(51-45)55-22-20-54(21-23-55)24-25-57)35-12-7-9-32(26-35)8-5-6-17-53-18-15-33(16-19-53)37-27-36(48)28-38-39(37)30-56(47(38)60)41-13-14-43(58)52-46(41)59/h2-4,7,9-12,26-29,33,41,57H,5-6,8,13-25,30,49H2,1H3,(H,52,58,59). The Morgan fingerprint density at radius 3 is 2.37 bits per heavy atom. The molecule has 60 heavy (non-hydrogen) atoms. The number of β-amino-alcohol motifs (C(OH)–C–C–N with tert-alkyl or cyclic N) is 1. The Hall–Kier alpha value is -5.50. The Kier molecular flexibility index (Phi) is 12.7. The molecule has 314 valence electrons. The highest BCUT2D eigenvalue weighted by molar-refractivity contribution is 6.05. The highest BCUT2D eigenvalue weighted by atomic mass is 19.1. The summed E-state index contributed by atoms with van der Waals surface area (Å²) in [6, 6.07) is 22.9. The number of hydrogen-bond acceptors (Lipinski definition) is 10. The van der Waals surface area contributed by atoms with E-state index in [2.05, 4.69) is 50.3 Å². The van der Waals surface area contributed by atoms with Crippen molar-refractivity contribution in [3.05, 3.63) is 118 Å². The number of aryl methyl sites for hydroxylation is 1. The number of rotatable bonds is 13. The molecular weight excluding hydrogens is 760 g/mol. The lowest BCUT2D eigenvalue weighted by Gasteiger charge is -2.35. The van der Waals surface area contributed by atoms with Crippen LogP contribution >= 0.6 is 0 Å². The Labute approximate surface area is 351 Å². The number of carbonyl (C=O) groups excluding carboxylic acids is 3. The lowest BCUT2D eigenvalue weighted by atomic mass is 9.85. The third kappa shape index (κ3) is 9.13. The summed E-state index contributed by atoms with van der Waals surface area (Å²) in [6.45, 7) is 9.06. The first kappa shape index (κ1) is 41.2. The number of nitrogens with two attached hydrogens (primary N) is 1. The van der Waals surface area contributed by atoms with E-state index in [9.17, 15) is 23.9 Å². The van der Waals surface area contributed by atoms with Gasteiger partial charge in [-0.05, 0) is 111 Å². The zero-order valence-electron chi connectivity index (χ0n) is 34.4. The lowest BCUT2D eigenvalue weighted by Crippen LogP contribution is -2.52. The van der Waals surface area contributed by atoms with Crippen molar-refractivity contribution < 1.29 is 23.9 Å². The van der Waals surface area contributed by atoms with Crippen molar-refractivity contribution in [3.63, 3.8) is 0 Å². The Morgan fingerprint density at radius 2 is 1.63 bits per heavy atom. The van der Waals surface area contributed by atoms with Gasteiger partial charge in [0.25, 0.3) is 5.91 Å². The number of piperazine rings is 1. The molecule has 1 unspecified atom stereocenters. The molecule has 1 atom stereocenters. The molecule has 5 heterocycles. The molecule has 3 amide bonds. The first-order chi connectivity index (χ1) is 29.1. The molecule has 8 rings (SSSR count). The average molecular weight is 815 g/mol. The summed E-state index contributed by atoms with van der Waals surface area (Å²) in [5.41, 5.74) is 14.1. The molecule has 4 N–H and O–H groups in total. The van der Waals surface area contributed by atoms with Gasteiger partial charge in [0.05, 0.1) is 12.3 Å². The summed E-state index contributed by atoms with van der Waals surface area (Å²) in [4.78, 5) is 56.5. The van der Waals surface area contributed by atoms with Crippen molar-refractivity contribution >= 4 is 29.1 Å². The van der Waals surface area contributed by atoms with Crippen molar-refractivity contribution in [2.45, 2.75) is 70.4 Å². The molecule has 4 aliphatic rings. The number of halogens is 1. The second-order valence-corrected chi connectivity index (χ2v) is 16.6. The van der Waals surface area contributed by atoms with E-state index in [1.54, 1.807) is 6.07 Å². The number of carbonyl (C=O) groups is 3. The molecule has 0 aliphatic carbocycles. The van der Waals surface area contributed by atoms with Crippen LogP contribution in [-0.2, 0) is 22.6 Å². The van der Waals surface area contributed by atoms with Crippen LogP contribution in [-0.4, -0.2) is 113 Å². The minimum atomic E-state index is -0.720. The number of aliphatic hydroxyl groups is 1. The van der Waals surface area contributed by atoms with Gasteiger partial charge in [0.1, 0.15) is 17.7 Å². The quantitative estimate of drug-likeness (QED) is 0.123. The van der Waals surface area contributed by atoms with E-state index >= 15 is 0 Å². The number of nitrogens with one attached hydrogen (secondary N) is 1. The van der Waals surface area contributed by atoms with Crippen LogP contribution in [0, 0.1) is 5.82 Å². The van der Waals surface area contributed by atoms with Crippen LogP contribution in [0.1, 0.15) is 89.8 Å². The van der Waals surface area contributed by atoms with E-state index in [0.717, 1.165) is 117 Å². The minimum Gasteiger partial charge on any atom is -0.402 e. The Morgan fingerprint density at radius 1 is 0.867 bits per heavy atom. The molecule has 1 aromatic heterocycles. The van der Waals surface area contributed by atoms with Crippen LogP contribution in [0.15, 0.2) is 78.5 Å². The van der Waals surface area contributed by atoms with Crippen LogP contribution in [0.3, 0.4) is 0 Å². The summed E-state index contributed by atoms with van der Waals surface area (Å²) in [7, 11) is 0. The molecule has 0 bridgehead atoms. The summed E-state index contributed by atoms with van der Waals surface area (Å²) in [5, 5.41) is 11.8. The van der Waals surface area contributed by atoms with Gasteiger partial charge >= 0.3 is 0 Å². The van der Waals surface area contributed by atoms with E-state index in [1.165, 1.54) is 16.5 Å². The van der Waals surface area contributed by atoms with Crippen LogP contribution in [0.5, 0.6) is 0 Å². The van der Waals surface area contributed by atoms with Gasteiger partial charge in [0.2, 0.25) is 11.8 Å². The van der Waals surface area contributed by atoms with Crippen LogP contribution in [0.25, 0.3) is 16.8 Å². The molecule has 3 fully saturated rings. The maximum Gasteiger partial charge on any atom is 0.255 e. The fourth-order valence-corrected chi connectivity index (χ4v) is 9.37. The SMILES string of the molecule is CC(N)=C(c1ccccc1)c1nc(-c2cccc(CCCCN3CCC(c4cc(F)cc5c4CN(C4CCC(=O)NC4=O)C5=O)CC3)c2)cc(N2CCN(CCO)CC2)n1. The molecule has 4 aromatic rings. The number of aliphatic hydroxyl groups excluding tert-OH is 1. The summed E-state index contributed by atoms with van der Waals surface area (Å²) in [5.74, 6) is 0.0495. The number of likely N-dealkylation sites (tertiary alicyclic amines) is 1. The molecule has 0 spiro atoms. The predicted octanol–water partition coefficient (Wildman–Crippen LogP) is 5.10. The van der Waals surface area contributed by atoms with Crippen molar-refractivity contribution in [1.29, 1.82) is 0 Å². The number of benzene rings is 3. The number of unbranched alkanes of at least 4 members (excludes halogenated alkanes) is 1. The highest BCUT2D eigenvalue weighted by Crippen LogP contribution is 2.38. The summed E-state index contributed by atoms with van der Waals surface area (Å²) < 4.78 is 14.9. The minimum absolute atomic E-state index is 0.134. The van der Waals surface area contributed by atoms with Crippen molar-refractivity contribution in [3.8, 4) is 11.3 Å². The van der Waals surface area contributed by atoms with Crippen molar-refractivity contribution in [2.24, 2.45) is 5.73 Å². The molecular formula is C47H55FN8O4. The van der Waals surface area contributed by atoms with Gasteiger partial charge in [-0.15, -0.1) is 0 Å². The van der Waals surface area contributed by atoms with E-state index in [0.29, 0.717) is 23.6 Å². The number of aromatic nitrogens is 2. The lowest BCUT2D eigenvalue weighted by molar-refractivity contribution is -0.136. The van der Waals surface area contributed by atoms with Gasteiger partial charge < -0.3 is 25.5 Å². The number of hydrogen-bond donors (Lipinski definition) is 3. The number of nitrogens with zero attached hydrogens (tertiary/aromatic N) is 6. The molecule has 13 heteroatoms. The zero-order chi connectivity index (χ0) is 41.8. The monoisotopic (exact) mass is 814 g/mol. The van der Waals surface area contributed by atoms with Crippen LogP contribution in [0.4, 0.5) is 10.2 Å². The summed E-state index contributed by atoms with van der Waals surface area (Å²) in [6.07, 6.45) is 5.22. The van der Waals surface area contributed by atoms with Crippen LogP contribution < -0.4 is 16.0 Å². The third-order valence-corrected chi connectivity index (χ3v) is 12.6. The molecule has 0 saturated carbocycles. The van der Waals surface area contributed by atoms with E-state index in [-0.39, 0.29) is 43.7 Å². The molecule has 3 saturated heterocycles. The van der Waals surface area contributed by atoms with E-state index in [1.807, 2.05) is 37.3 Å². The second kappa shape index (κ2) is 18.4. The topological polar surface area (TPSA) is 148 Å². The first-order valence-corrected chi connectivity index (χ1v) is 21.4. The maximum absolute atomic E-state index is 14.9. The Balaban J connectivity index is 0.897. The number of amides is 3. The van der Waals surface area contributed by atoms with Gasteiger partial charge in [0.15, 0.2) is 5.82 Å². The second-order valence-electron chi connectivity index (χ2n) is 16.6. The maximum atomic E-state index is 14.9. The highest BCUT2D eigenvalue weighted by Gasteiger charge is 2.41. The van der Waals surface area contributed by atoms with Crippen molar-refractivity contribution in [2.75, 3.05) is 63.9 Å². The largest absolute Gasteiger partial charge is 0.402 e. The number of allylic oxidation sites excluding steroid dienone is 1. The fourth-order valence-electron chi connectivity index (χ4n) is 9.37. The number of piperidine rings is 2. The van der Waals surface area contributed by atoms with Gasteiger partial charge in [-0.25, -0.2) is 14.4 Å². The Bertz CT molecular complexity index is 2250. The van der Waals surface area contributed by atoms with Gasteiger partial charge in [-0.1, -0.05) is 48.5 Å². The normalized spacial score (nSPS) is 19.7. The average Bonchev–Trinajstić information content (AvgIpc) is 3.58. The fraction of sp³-hybridized carbons (Fsp3) is 0.426. The number of fused-ring (bicyclic) bond motifs is 1.